The maximum absolute atomic E-state index is 2.60. The van der Waals surface area contributed by atoms with Crippen molar-refractivity contribution in [2.24, 2.45) is 0 Å². The Kier molecular flexibility index (Phi) is 7.47. The van der Waals surface area contributed by atoms with Gasteiger partial charge in [0.25, 0.3) is 0 Å². The van der Waals surface area contributed by atoms with Gasteiger partial charge in [0.1, 0.15) is 0 Å². The first-order chi connectivity index (χ1) is 15.5. The molecule has 4 aromatic rings. The third-order valence-corrected chi connectivity index (χ3v) is 24.6. The van der Waals surface area contributed by atoms with Gasteiger partial charge in [-0.05, 0) is 0 Å². The summed E-state index contributed by atoms with van der Waals surface area (Å²) < 4.78 is 3.64. The minimum Gasteiger partial charge on any atom is -1.00 e. The van der Waals surface area contributed by atoms with Crippen LogP contribution in [0.3, 0.4) is 0 Å². The standard InChI is InChI=1S/2C14H11.C2H6Si.2ClH.Zr/c2*1-10-8-12-7-6-11-4-2-3-5-13(11)14(12)9-10;1-3-2;;;/h2*2-7H,9H2,1H3;1-2H3;2*1H;/q;;;;;+2/p-2. The molecule has 170 valence electrons. The van der Waals surface area contributed by atoms with Crippen LogP contribution in [0.5, 0.6) is 0 Å². The Labute approximate surface area is 223 Å². The number of hydrogen-bond acceptors (Lipinski definition) is 0. The molecular formula is C30H28Cl2SiZr. The van der Waals surface area contributed by atoms with E-state index in [-0.39, 0.29) is 24.8 Å². The molecular weight excluding hydrogens is 551 g/mol. The molecule has 0 saturated heterocycles. The molecule has 4 aromatic carbocycles. The summed E-state index contributed by atoms with van der Waals surface area (Å²) in [7, 11) is 0. The van der Waals surface area contributed by atoms with Crippen molar-refractivity contribution in [2.45, 2.75) is 39.8 Å². The van der Waals surface area contributed by atoms with Crippen LogP contribution in [-0.4, -0.2) is 5.43 Å². The smallest absolute Gasteiger partial charge is 1.00 e. The fourth-order valence-electron chi connectivity index (χ4n) is 6.01. The molecule has 0 unspecified atom stereocenters. The summed E-state index contributed by atoms with van der Waals surface area (Å²) in [5.41, 5.74) is 9.27. The molecule has 2 aliphatic carbocycles. The summed E-state index contributed by atoms with van der Waals surface area (Å²) in [6.07, 6.45) is 2.28. The summed E-state index contributed by atoms with van der Waals surface area (Å²) in [5, 5.41) is 5.70. The number of fused-ring (bicyclic) bond motifs is 6. The molecule has 0 aliphatic heterocycles. The van der Waals surface area contributed by atoms with Crippen LogP contribution in [0.25, 0.3) is 28.1 Å². The predicted octanol–water partition coefficient (Wildman–Crippen LogP) is 2.14. The molecule has 0 bridgehead atoms. The first-order valence-electron chi connectivity index (χ1n) is 11.6. The zero-order chi connectivity index (χ0) is 22.0. The number of rotatable bonds is 2. The van der Waals surface area contributed by atoms with Gasteiger partial charge in [-0.2, -0.15) is 0 Å². The fraction of sp³-hybridized carbons (Fsp3) is 0.200. The monoisotopic (exact) mass is 576 g/mol. The van der Waals surface area contributed by atoms with E-state index in [1.807, 2.05) is 6.56 Å². The van der Waals surface area contributed by atoms with Crippen molar-refractivity contribution in [1.82, 2.24) is 0 Å². The Morgan fingerprint density at radius 3 is 1.41 bits per heavy atom. The number of halogens is 2. The van der Waals surface area contributed by atoms with Crippen molar-refractivity contribution < 1.29 is 45.2 Å². The minimum atomic E-state index is -2.06. The second-order valence-electron chi connectivity index (χ2n) is 9.66. The van der Waals surface area contributed by atoms with Crippen molar-refractivity contribution in [3.63, 3.8) is 0 Å². The van der Waals surface area contributed by atoms with Gasteiger partial charge in [-0.1, -0.05) is 0 Å². The molecule has 0 nitrogen and oxygen atoms in total. The van der Waals surface area contributed by atoms with Crippen molar-refractivity contribution in [1.29, 1.82) is 0 Å². The van der Waals surface area contributed by atoms with Gasteiger partial charge in [0.05, 0.1) is 0 Å². The maximum Gasteiger partial charge on any atom is -1.00 e. The molecule has 6 rings (SSSR count). The molecule has 0 saturated carbocycles. The molecule has 0 amide bonds. The second kappa shape index (κ2) is 9.90. The first kappa shape index (κ1) is 25.6. The molecule has 0 fully saturated rings. The molecule has 0 spiro atoms. The van der Waals surface area contributed by atoms with Crippen LogP contribution in [0.4, 0.5) is 0 Å². The van der Waals surface area contributed by atoms with E-state index in [4.69, 9.17) is 0 Å². The van der Waals surface area contributed by atoms with Crippen LogP contribution in [0.1, 0.15) is 36.1 Å². The van der Waals surface area contributed by atoms with Gasteiger partial charge in [-0.3, -0.25) is 0 Å². The van der Waals surface area contributed by atoms with E-state index in [0.717, 1.165) is 12.8 Å². The van der Waals surface area contributed by atoms with E-state index in [0.29, 0.717) is 0 Å². The van der Waals surface area contributed by atoms with Crippen molar-refractivity contribution in [2.75, 3.05) is 0 Å². The van der Waals surface area contributed by atoms with Gasteiger partial charge in [0.2, 0.25) is 0 Å². The third kappa shape index (κ3) is 3.92. The summed E-state index contributed by atoms with van der Waals surface area (Å²) in [4.78, 5) is 0. The third-order valence-electron chi connectivity index (χ3n) is 7.36. The molecule has 0 radical (unpaired) electrons. The van der Waals surface area contributed by atoms with Crippen molar-refractivity contribution in [3.8, 4) is 0 Å². The molecule has 4 heteroatoms. The topological polar surface area (TPSA) is 0 Å². The van der Waals surface area contributed by atoms with Gasteiger partial charge in [0.15, 0.2) is 0 Å². The largest absolute Gasteiger partial charge is 1.00 e. The van der Waals surface area contributed by atoms with E-state index < -0.39 is 25.8 Å². The molecule has 34 heavy (non-hydrogen) atoms. The first-order valence-corrected chi connectivity index (χ1v) is 20.3. The van der Waals surface area contributed by atoms with Crippen LogP contribution in [0.15, 0.2) is 83.9 Å². The van der Waals surface area contributed by atoms with E-state index in [2.05, 4.69) is 99.7 Å². The average molecular weight is 579 g/mol. The Balaban J connectivity index is 0.00000137. The van der Waals surface area contributed by atoms with Crippen LogP contribution >= 0.6 is 0 Å². The zero-order valence-electron chi connectivity index (χ0n) is 20.1. The number of benzene rings is 4. The molecule has 0 aromatic heterocycles. The molecule has 0 heterocycles. The Morgan fingerprint density at radius 1 is 0.588 bits per heavy atom. The Bertz CT molecular complexity index is 1440. The van der Waals surface area contributed by atoms with Crippen molar-refractivity contribution >= 4 is 33.5 Å². The fourth-order valence-corrected chi connectivity index (χ4v) is 24.1. The number of allylic oxidation sites excluding steroid dienone is 2. The van der Waals surface area contributed by atoms with E-state index >= 15 is 0 Å². The molecule has 2 aliphatic rings. The van der Waals surface area contributed by atoms with E-state index in [9.17, 15) is 0 Å². The van der Waals surface area contributed by atoms with E-state index in [1.54, 1.807) is 33.4 Å². The molecule has 0 N–H and O–H groups in total. The summed E-state index contributed by atoms with van der Waals surface area (Å²) in [6.45, 7) is 10.1. The SMILES string of the molecule is CC1=[C]([Zr+2]([C]2=C(C)Cc3c2ccc2ccccc32)=[Si](C)C)c2ccc3ccccc3c2C1.[Cl-].[Cl-]. The Morgan fingerprint density at radius 2 is 1.00 bits per heavy atom. The quantitative estimate of drug-likeness (QED) is 0.320. The van der Waals surface area contributed by atoms with Crippen LogP contribution in [0, 0.1) is 0 Å². The van der Waals surface area contributed by atoms with Crippen LogP contribution in [0.2, 0.25) is 13.1 Å². The van der Waals surface area contributed by atoms with Gasteiger partial charge in [-0.15, -0.1) is 0 Å². The van der Waals surface area contributed by atoms with Crippen molar-refractivity contribution in [3.05, 3.63) is 106 Å². The molecule has 0 atom stereocenters. The van der Waals surface area contributed by atoms with E-state index in [1.165, 1.54) is 21.5 Å². The van der Waals surface area contributed by atoms with Crippen LogP contribution in [-0.2, 0) is 33.2 Å². The summed E-state index contributed by atoms with van der Waals surface area (Å²) in [5.74, 6) is 0. The Hall–Kier alpha value is -1.44. The average Bonchev–Trinajstić information content (AvgIpc) is 3.31. The summed E-state index contributed by atoms with van der Waals surface area (Å²) in [6, 6.07) is 27.6. The summed E-state index contributed by atoms with van der Waals surface area (Å²) >= 11 is -2.06. The van der Waals surface area contributed by atoms with Gasteiger partial charge in [-0.25, -0.2) is 0 Å². The number of hydrogen-bond donors (Lipinski definition) is 0. The second-order valence-corrected chi connectivity index (χ2v) is 26.3. The minimum absolute atomic E-state index is 0. The van der Waals surface area contributed by atoms with Gasteiger partial charge in [0, 0.05) is 0 Å². The normalized spacial score (nSPS) is 13.9. The zero-order valence-corrected chi connectivity index (χ0v) is 25.1. The predicted molar refractivity (Wildman–Crippen MR) is 138 cm³/mol. The van der Waals surface area contributed by atoms with Crippen LogP contribution < -0.4 is 24.8 Å². The van der Waals surface area contributed by atoms with Gasteiger partial charge < -0.3 is 24.8 Å². The maximum atomic E-state index is 2.60. The van der Waals surface area contributed by atoms with Gasteiger partial charge >= 0.3 is 200 Å².